The van der Waals surface area contributed by atoms with Gasteiger partial charge in [0.2, 0.25) is 5.91 Å². The molecule has 3 heteroatoms. The summed E-state index contributed by atoms with van der Waals surface area (Å²) in [6.45, 7) is 5.90. The van der Waals surface area contributed by atoms with Crippen LogP contribution < -0.4 is 0 Å². The lowest BCUT2D eigenvalue weighted by Gasteiger charge is -2.26. The Kier molecular flexibility index (Phi) is 7.80. The first-order chi connectivity index (χ1) is 9.24. The second kappa shape index (κ2) is 9.13. The van der Waals surface area contributed by atoms with Gasteiger partial charge in [0.15, 0.2) is 0 Å². The fourth-order valence-electron chi connectivity index (χ4n) is 2.24. The SMILES string of the molecule is CCCCN(CCBr)C(=O)C(CC)c1ccccc1. The zero-order valence-corrected chi connectivity index (χ0v) is 13.5. The van der Waals surface area contributed by atoms with Gasteiger partial charge in [0.1, 0.15) is 0 Å². The van der Waals surface area contributed by atoms with Crippen LogP contribution in [-0.2, 0) is 4.79 Å². The molecule has 106 valence electrons. The third kappa shape index (κ3) is 4.98. The fourth-order valence-corrected chi connectivity index (χ4v) is 2.67. The van der Waals surface area contributed by atoms with Gasteiger partial charge in [-0.1, -0.05) is 66.5 Å². The molecule has 1 aromatic carbocycles. The van der Waals surface area contributed by atoms with Crippen LogP contribution in [0.3, 0.4) is 0 Å². The Bertz CT molecular complexity index is 366. The summed E-state index contributed by atoms with van der Waals surface area (Å²) in [5.74, 6) is 0.263. The molecule has 0 fully saturated rings. The Balaban J connectivity index is 2.80. The summed E-state index contributed by atoms with van der Waals surface area (Å²) in [5.41, 5.74) is 1.13. The summed E-state index contributed by atoms with van der Waals surface area (Å²) in [5, 5.41) is 0.841. The van der Waals surface area contributed by atoms with Crippen molar-refractivity contribution >= 4 is 21.8 Å². The highest BCUT2D eigenvalue weighted by molar-refractivity contribution is 9.09. The standard InChI is InChI=1S/C16H24BrNO/c1-3-5-12-18(13-11-17)16(19)15(4-2)14-9-7-6-8-10-14/h6-10,15H,3-5,11-13H2,1-2H3. The smallest absolute Gasteiger partial charge is 0.230 e. The Hall–Kier alpha value is -0.830. The molecule has 19 heavy (non-hydrogen) atoms. The highest BCUT2D eigenvalue weighted by atomic mass is 79.9. The third-order valence-electron chi connectivity index (χ3n) is 3.36. The number of carbonyl (C=O) groups is 1. The number of hydrogen-bond acceptors (Lipinski definition) is 1. The van der Waals surface area contributed by atoms with E-state index in [1.807, 2.05) is 23.1 Å². The van der Waals surface area contributed by atoms with E-state index in [-0.39, 0.29) is 11.8 Å². The lowest BCUT2D eigenvalue weighted by molar-refractivity contribution is -0.132. The molecule has 0 saturated heterocycles. The van der Waals surface area contributed by atoms with E-state index in [4.69, 9.17) is 0 Å². The Morgan fingerprint density at radius 2 is 1.89 bits per heavy atom. The van der Waals surface area contributed by atoms with Gasteiger partial charge in [-0.25, -0.2) is 0 Å². The normalized spacial score (nSPS) is 12.2. The molecule has 1 atom stereocenters. The van der Waals surface area contributed by atoms with E-state index in [2.05, 4.69) is 41.9 Å². The number of alkyl halides is 1. The second-order valence-electron chi connectivity index (χ2n) is 4.74. The Labute approximate surface area is 125 Å². The first-order valence-electron chi connectivity index (χ1n) is 7.14. The van der Waals surface area contributed by atoms with Crippen molar-refractivity contribution in [3.8, 4) is 0 Å². The molecule has 2 nitrogen and oxygen atoms in total. The van der Waals surface area contributed by atoms with Gasteiger partial charge in [0.25, 0.3) is 0 Å². The largest absolute Gasteiger partial charge is 0.341 e. The van der Waals surface area contributed by atoms with Gasteiger partial charge in [-0.15, -0.1) is 0 Å². The maximum Gasteiger partial charge on any atom is 0.230 e. The number of benzene rings is 1. The van der Waals surface area contributed by atoms with E-state index < -0.39 is 0 Å². The first kappa shape index (κ1) is 16.2. The van der Waals surface area contributed by atoms with Crippen LogP contribution in [0, 0.1) is 0 Å². The lowest BCUT2D eigenvalue weighted by Crippen LogP contribution is -2.37. The molecule has 0 radical (unpaired) electrons. The predicted octanol–water partition coefficient (Wildman–Crippen LogP) is 4.20. The Morgan fingerprint density at radius 3 is 2.42 bits per heavy atom. The molecular formula is C16H24BrNO. The molecule has 0 aliphatic carbocycles. The van der Waals surface area contributed by atoms with Crippen LogP contribution >= 0.6 is 15.9 Å². The molecule has 0 spiro atoms. The van der Waals surface area contributed by atoms with Crippen molar-refractivity contribution < 1.29 is 4.79 Å². The molecule has 0 N–H and O–H groups in total. The zero-order valence-electron chi connectivity index (χ0n) is 11.9. The molecule has 1 aromatic rings. The van der Waals surface area contributed by atoms with Crippen molar-refractivity contribution in [2.24, 2.45) is 0 Å². The van der Waals surface area contributed by atoms with Crippen LogP contribution in [0.2, 0.25) is 0 Å². The first-order valence-corrected chi connectivity index (χ1v) is 8.26. The average Bonchev–Trinajstić information content (AvgIpc) is 2.45. The fraction of sp³-hybridized carbons (Fsp3) is 0.562. The highest BCUT2D eigenvalue weighted by Gasteiger charge is 2.23. The van der Waals surface area contributed by atoms with Crippen LogP contribution in [0.5, 0.6) is 0 Å². The molecule has 0 saturated carbocycles. The van der Waals surface area contributed by atoms with Crippen molar-refractivity contribution in [2.75, 3.05) is 18.4 Å². The summed E-state index contributed by atoms with van der Waals surface area (Å²) in [6.07, 6.45) is 3.05. The van der Waals surface area contributed by atoms with E-state index in [0.717, 1.165) is 43.2 Å². The summed E-state index contributed by atoms with van der Waals surface area (Å²) in [7, 11) is 0. The molecule has 1 amide bonds. The summed E-state index contributed by atoms with van der Waals surface area (Å²) in [6, 6.07) is 10.1. The molecule has 1 rings (SSSR count). The van der Waals surface area contributed by atoms with E-state index in [0.29, 0.717) is 0 Å². The minimum absolute atomic E-state index is 0.00268. The van der Waals surface area contributed by atoms with Crippen LogP contribution in [0.15, 0.2) is 30.3 Å². The summed E-state index contributed by atoms with van der Waals surface area (Å²) < 4.78 is 0. The number of nitrogens with zero attached hydrogens (tertiary/aromatic N) is 1. The molecule has 0 aliphatic rings. The number of amides is 1. The van der Waals surface area contributed by atoms with Gasteiger partial charge in [-0.2, -0.15) is 0 Å². The number of hydrogen-bond donors (Lipinski definition) is 0. The van der Waals surface area contributed by atoms with Gasteiger partial charge in [-0.05, 0) is 18.4 Å². The second-order valence-corrected chi connectivity index (χ2v) is 5.53. The van der Waals surface area contributed by atoms with Gasteiger partial charge in [-0.3, -0.25) is 4.79 Å². The van der Waals surface area contributed by atoms with E-state index in [1.165, 1.54) is 0 Å². The Morgan fingerprint density at radius 1 is 1.21 bits per heavy atom. The van der Waals surface area contributed by atoms with Crippen LogP contribution in [0.25, 0.3) is 0 Å². The molecule has 0 heterocycles. The number of halogens is 1. The minimum Gasteiger partial charge on any atom is -0.341 e. The predicted molar refractivity (Wildman–Crippen MR) is 84.8 cm³/mol. The monoisotopic (exact) mass is 325 g/mol. The van der Waals surface area contributed by atoms with Crippen LogP contribution in [-0.4, -0.2) is 29.2 Å². The van der Waals surface area contributed by atoms with Crippen molar-refractivity contribution in [1.82, 2.24) is 4.90 Å². The van der Waals surface area contributed by atoms with Crippen molar-refractivity contribution in [1.29, 1.82) is 0 Å². The summed E-state index contributed by atoms with van der Waals surface area (Å²) in [4.78, 5) is 14.7. The van der Waals surface area contributed by atoms with E-state index >= 15 is 0 Å². The van der Waals surface area contributed by atoms with Crippen molar-refractivity contribution in [2.45, 2.75) is 39.0 Å². The van der Waals surface area contributed by atoms with Gasteiger partial charge in [0.05, 0.1) is 5.92 Å². The van der Waals surface area contributed by atoms with Crippen LogP contribution in [0.1, 0.15) is 44.6 Å². The number of carbonyl (C=O) groups excluding carboxylic acids is 1. The summed E-state index contributed by atoms with van der Waals surface area (Å²) >= 11 is 3.44. The quantitative estimate of drug-likeness (QED) is 0.656. The van der Waals surface area contributed by atoms with Gasteiger partial charge in [0, 0.05) is 18.4 Å². The zero-order chi connectivity index (χ0) is 14.1. The minimum atomic E-state index is -0.00268. The third-order valence-corrected chi connectivity index (χ3v) is 3.71. The maximum absolute atomic E-state index is 12.7. The number of rotatable bonds is 8. The topological polar surface area (TPSA) is 20.3 Å². The van der Waals surface area contributed by atoms with E-state index in [9.17, 15) is 4.79 Å². The molecular weight excluding hydrogens is 302 g/mol. The molecule has 0 bridgehead atoms. The molecule has 0 aliphatic heterocycles. The van der Waals surface area contributed by atoms with E-state index in [1.54, 1.807) is 0 Å². The maximum atomic E-state index is 12.7. The highest BCUT2D eigenvalue weighted by Crippen LogP contribution is 2.22. The van der Waals surface area contributed by atoms with Gasteiger partial charge >= 0.3 is 0 Å². The van der Waals surface area contributed by atoms with Crippen molar-refractivity contribution in [3.63, 3.8) is 0 Å². The van der Waals surface area contributed by atoms with Gasteiger partial charge < -0.3 is 4.90 Å². The molecule has 0 aromatic heterocycles. The van der Waals surface area contributed by atoms with Crippen LogP contribution in [0.4, 0.5) is 0 Å². The average molecular weight is 326 g/mol. The lowest BCUT2D eigenvalue weighted by atomic mass is 9.95. The number of unbranched alkanes of at least 4 members (excludes halogenated alkanes) is 1. The molecule has 1 unspecified atom stereocenters. The van der Waals surface area contributed by atoms with Crippen molar-refractivity contribution in [3.05, 3.63) is 35.9 Å².